The number of primary sulfonamides is 2. The Balaban J connectivity index is 0.000000307. The number of halogens is 8. The van der Waals surface area contributed by atoms with E-state index in [-0.39, 0.29) is 44.2 Å². The molecular weight excluding hydrogens is 1060 g/mol. The second-order valence-electron chi connectivity index (χ2n) is 11.2. The van der Waals surface area contributed by atoms with E-state index in [1.165, 1.54) is 41.5 Å². The molecule has 0 fully saturated rings. The molecule has 6 aromatic rings. The maximum atomic E-state index is 12.7. The number of hydrogen-bond donors (Lipinski definition) is 2. The molecular formula is C39H31AlBr2Cl6N2O6S2. The van der Waals surface area contributed by atoms with Crippen LogP contribution in [0.1, 0.15) is 33.7 Å². The quantitative estimate of drug-likeness (QED) is 0.0922. The molecule has 0 aliphatic rings. The first kappa shape index (κ1) is 51.9. The highest BCUT2D eigenvalue weighted by Crippen LogP contribution is 2.27. The number of sulfonamides is 2. The molecule has 0 unspecified atom stereocenters. The van der Waals surface area contributed by atoms with Gasteiger partial charge in [0.15, 0.2) is 5.78 Å². The van der Waals surface area contributed by atoms with Crippen LogP contribution in [0.4, 0.5) is 0 Å². The van der Waals surface area contributed by atoms with Crippen LogP contribution in [0.2, 0.25) is 10.0 Å². The van der Waals surface area contributed by atoms with Gasteiger partial charge in [-0.1, -0.05) is 141 Å². The lowest BCUT2D eigenvalue weighted by atomic mass is 9.99. The first-order valence-corrected chi connectivity index (χ1v) is 26.7. The molecule has 304 valence electrons. The van der Waals surface area contributed by atoms with Crippen molar-refractivity contribution in [3.05, 3.63) is 175 Å². The fourth-order valence-electron chi connectivity index (χ4n) is 4.65. The standard InChI is InChI=1S/C19H13BrClNO3S.C12H9Br.C7H5Cl2NO3S.CH4.Al.3ClH/c20-16-3-1-2-14(10-16)12-4-6-13(7-5-12)19(23)15-8-9-17(21)18(11-15)26(22,24)25;13-12-8-4-7-11(9-12)10-5-2-1-3-6-10;8-5-2-1-4(7(9)11)3-6(5)14(10,12)13;;;;;/h1-11H,(H2,22,24,25);1-9H;1-3H,(H2,10,12,13);1H4;;3*1H/q;;;;+3;;;/p-3. The summed E-state index contributed by atoms with van der Waals surface area (Å²) in [4.78, 5) is 22.8. The molecule has 0 amide bonds. The molecule has 19 heteroatoms. The SMILES string of the molecule is Brc1cccc(-c2ccccc2)c1.C.NS(=O)(=O)c1cc(C(=O)Cl)ccc1Cl.NS(=O)(=O)c1cc(C(=O)c2ccc(-c3cccc(Br)c3)cc2)ccc1Cl.[Cl][Al]([Cl])[Cl]. The van der Waals surface area contributed by atoms with Crippen LogP contribution in [0.15, 0.2) is 158 Å². The van der Waals surface area contributed by atoms with Gasteiger partial charge in [0.05, 0.1) is 10.0 Å². The first-order valence-electron chi connectivity index (χ1n) is 15.7. The van der Waals surface area contributed by atoms with E-state index < -0.39 is 36.7 Å². The number of ketones is 1. The Kier molecular flexibility index (Phi) is 21.7. The highest BCUT2D eigenvalue weighted by molar-refractivity contribution is 9.10. The van der Waals surface area contributed by atoms with Gasteiger partial charge in [0, 0.05) is 25.6 Å². The molecule has 0 aliphatic carbocycles. The summed E-state index contributed by atoms with van der Waals surface area (Å²) < 4.78 is 47.2. The lowest BCUT2D eigenvalue weighted by Crippen LogP contribution is -2.14. The normalized spacial score (nSPS) is 10.5. The van der Waals surface area contributed by atoms with Gasteiger partial charge in [-0.2, -0.15) is 0 Å². The van der Waals surface area contributed by atoms with E-state index in [1.807, 2.05) is 54.6 Å². The molecule has 0 saturated heterocycles. The maximum absolute atomic E-state index is 12.7. The third-order valence-electron chi connectivity index (χ3n) is 7.20. The van der Waals surface area contributed by atoms with Gasteiger partial charge in [-0.3, -0.25) is 9.59 Å². The van der Waals surface area contributed by atoms with Crippen molar-refractivity contribution >= 4 is 139 Å². The Morgan fingerprint density at radius 2 is 0.862 bits per heavy atom. The highest BCUT2D eigenvalue weighted by atomic mass is 79.9. The predicted octanol–water partition coefficient (Wildman–Crippen LogP) is 12.5. The van der Waals surface area contributed by atoms with Gasteiger partial charge in [0.2, 0.25) is 20.0 Å². The molecule has 6 rings (SSSR count). The monoisotopic (exact) mass is 1080 g/mol. The summed E-state index contributed by atoms with van der Waals surface area (Å²) in [5, 5.41) is 9.16. The van der Waals surface area contributed by atoms with Crippen molar-refractivity contribution in [1.82, 2.24) is 0 Å². The summed E-state index contributed by atoms with van der Waals surface area (Å²) in [6.07, 6.45) is 0. The number of rotatable bonds is 7. The van der Waals surface area contributed by atoms with Crippen LogP contribution in [-0.4, -0.2) is 39.2 Å². The van der Waals surface area contributed by atoms with Crippen molar-refractivity contribution in [2.24, 2.45) is 10.3 Å². The van der Waals surface area contributed by atoms with E-state index in [0.29, 0.717) is 5.56 Å². The Morgan fingerprint density at radius 1 is 0.500 bits per heavy atom. The van der Waals surface area contributed by atoms with Crippen molar-refractivity contribution in [1.29, 1.82) is 0 Å². The molecule has 0 bridgehead atoms. The molecule has 0 spiro atoms. The van der Waals surface area contributed by atoms with E-state index >= 15 is 0 Å². The van der Waals surface area contributed by atoms with Gasteiger partial charge < -0.3 is 0 Å². The summed E-state index contributed by atoms with van der Waals surface area (Å²) in [5.41, 5.74) is 5.14. The molecule has 4 N–H and O–H groups in total. The number of benzene rings is 6. The minimum atomic E-state index is -4.01. The van der Waals surface area contributed by atoms with Gasteiger partial charge >= 0.3 is 11.4 Å². The Bertz CT molecular complexity index is 2570. The minimum Gasteiger partial charge on any atom is -0.289 e. The summed E-state index contributed by atoms with van der Waals surface area (Å²) in [6.45, 7) is 0. The van der Waals surface area contributed by atoms with Crippen LogP contribution in [0.5, 0.6) is 0 Å². The van der Waals surface area contributed by atoms with Crippen molar-refractivity contribution in [2.75, 3.05) is 0 Å². The second kappa shape index (κ2) is 24.2. The minimum absolute atomic E-state index is 0. The summed E-state index contributed by atoms with van der Waals surface area (Å²) >= 11 is 21.8. The number of nitrogens with two attached hydrogens (primary N) is 2. The summed E-state index contributed by atoms with van der Waals surface area (Å²) in [7, 11) is 6.89. The molecule has 8 nitrogen and oxygen atoms in total. The molecule has 0 heterocycles. The van der Waals surface area contributed by atoms with Crippen LogP contribution >= 0.6 is 96.8 Å². The van der Waals surface area contributed by atoms with Gasteiger partial charge in [0.25, 0.3) is 5.24 Å². The Labute approximate surface area is 386 Å². The van der Waals surface area contributed by atoms with Crippen LogP contribution in [0.25, 0.3) is 22.3 Å². The van der Waals surface area contributed by atoms with Crippen molar-refractivity contribution in [3.63, 3.8) is 0 Å². The summed E-state index contributed by atoms with van der Waals surface area (Å²) in [6, 6.07) is 41.2. The van der Waals surface area contributed by atoms with Crippen LogP contribution < -0.4 is 10.3 Å². The molecule has 0 aliphatic heterocycles. The molecule has 0 atom stereocenters. The van der Waals surface area contributed by atoms with Crippen molar-refractivity contribution in [2.45, 2.75) is 17.2 Å². The van der Waals surface area contributed by atoms with Crippen LogP contribution in [0, 0.1) is 0 Å². The average Bonchev–Trinajstić information content (AvgIpc) is 3.15. The fourth-order valence-corrected chi connectivity index (χ4v) is 7.71. The smallest absolute Gasteiger partial charge is 0.289 e. The Hall–Kier alpha value is -2.29. The van der Waals surface area contributed by atoms with Gasteiger partial charge in [0.1, 0.15) is 9.79 Å². The van der Waals surface area contributed by atoms with Crippen molar-refractivity contribution in [3.8, 4) is 22.3 Å². The zero-order valence-electron chi connectivity index (χ0n) is 28.8. The van der Waals surface area contributed by atoms with Crippen LogP contribution in [-0.2, 0) is 20.0 Å². The molecule has 0 saturated carbocycles. The highest BCUT2D eigenvalue weighted by Gasteiger charge is 2.18. The predicted molar refractivity (Wildman–Crippen MR) is 248 cm³/mol. The molecule has 58 heavy (non-hydrogen) atoms. The van der Waals surface area contributed by atoms with E-state index in [4.69, 9.17) is 75.2 Å². The molecule has 6 aromatic carbocycles. The largest absolute Gasteiger partial charge is 0.643 e. The third kappa shape index (κ3) is 17.0. The van der Waals surface area contributed by atoms with Crippen LogP contribution in [0.3, 0.4) is 0 Å². The first-order chi connectivity index (χ1) is 26.7. The average molecular weight is 1090 g/mol. The van der Waals surface area contributed by atoms with Gasteiger partial charge in [-0.05, 0) is 94.5 Å². The zero-order chi connectivity index (χ0) is 42.5. The number of carbonyl (C=O) groups is 2. The number of hydrogen-bond acceptors (Lipinski definition) is 6. The van der Waals surface area contributed by atoms with E-state index in [0.717, 1.165) is 26.1 Å². The Morgan fingerprint density at radius 3 is 1.26 bits per heavy atom. The lowest BCUT2D eigenvalue weighted by Gasteiger charge is -2.07. The zero-order valence-corrected chi connectivity index (χ0v) is 39.3. The topological polar surface area (TPSA) is 154 Å². The maximum Gasteiger partial charge on any atom is 0.643 e. The molecule has 0 aromatic heterocycles. The third-order valence-corrected chi connectivity index (χ3v) is 11.2. The van der Waals surface area contributed by atoms with E-state index in [2.05, 4.69) is 68.3 Å². The van der Waals surface area contributed by atoms with Gasteiger partial charge in [-0.15, -0.1) is 0 Å². The van der Waals surface area contributed by atoms with E-state index in [1.54, 1.807) is 12.1 Å². The number of carbonyl (C=O) groups excluding carboxylic acids is 2. The van der Waals surface area contributed by atoms with Gasteiger partial charge in [-0.25, -0.2) is 57.3 Å². The molecule has 0 radical (unpaired) electrons. The summed E-state index contributed by atoms with van der Waals surface area (Å²) in [5.74, 6) is -0.313. The second-order valence-corrected chi connectivity index (χ2v) is 23.7. The lowest BCUT2D eigenvalue weighted by molar-refractivity contribution is 0.103. The van der Waals surface area contributed by atoms with Crippen molar-refractivity contribution < 1.29 is 26.4 Å². The fraction of sp³-hybridized carbons (Fsp3) is 0.0256. The van der Waals surface area contributed by atoms with E-state index in [9.17, 15) is 26.4 Å².